The SMILES string of the molecule is NS(=O)(=O)c1ccc(CNC(=O)c2coc(C3CCNCC3)n2)cc1. The van der Waals surface area contributed by atoms with E-state index >= 15 is 0 Å². The van der Waals surface area contributed by atoms with E-state index in [1.807, 2.05) is 0 Å². The number of hydrogen-bond donors (Lipinski definition) is 3. The molecule has 1 aromatic carbocycles. The first-order valence-electron chi connectivity index (χ1n) is 7.99. The zero-order valence-corrected chi connectivity index (χ0v) is 14.4. The van der Waals surface area contributed by atoms with Crippen LogP contribution in [0.2, 0.25) is 0 Å². The molecule has 2 heterocycles. The Kier molecular flexibility index (Phi) is 5.16. The molecule has 2 aromatic rings. The molecule has 1 fully saturated rings. The average Bonchev–Trinajstić information content (AvgIpc) is 3.10. The van der Waals surface area contributed by atoms with E-state index in [1.165, 1.54) is 18.4 Å². The topological polar surface area (TPSA) is 127 Å². The Labute approximate surface area is 145 Å². The van der Waals surface area contributed by atoms with Crippen LogP contribution in [0.25, 0.3) is 0 Å². The largest absolute Gasteiger partial charge is 0.448 e. The van der Waals surface area contributed by atoms with Gasteiger partial charge in [0.15, 0.2) is 11.6 Å². The number of primary sulfonamides is 1. The molecule has 0 bridgehead atoms. The van der Waals surface area contributed by atoms with Crippen molar-refractivity contribution in [2.75, 3.05) is 13.1 Å². The Morgan fingerprint density at radius 1 is 1.28 bits per heavy atom. The van der Waals surface area contributed by atoms with Crippen LogP contribution in [0.4, 0.5) is 0 Å². The van der Waals surface area contributed by atoms with Crippen LogP contribution in [0.1, 0.15) is 40.7 Å². The number of nitrogens with zero attached hydrogens (tertiary/aromatic N) is 1. The van der Waals surface area contributed by atoms with Gasteiger partial charge in [0.1, 0.15) is 6.26 Å². The van der Waals surface area contributed by atoms with Crippen LogP contribution >= 0.6 is 0 Å². The lowest BCUT2D eigenvalue weighted by atomic mass is 9.98. The van der Waals surface area contributed by atoms with E-state index in [9.17, 15) is 13.2 Å². The smallest absolute Gasteiger partial charge is 0.273 e. The Bertz CT molecular complexity index is 839. The summed E-state index contributed by atoms with van der Waals surface area (Å²) in [6, 6.07) is 6.01. The maximum absolute atomic E-state index is 12.2. The van der Waals surface area contributed by atoms with Gasteiger partial charge in [-0.05, 0) is 43.6 Å². The standard InChI is InChI=1S/C16H20N4O4S/c17-25(22,23)13-3-1-11(2-4-13)9-19-15(21)14-10-24-16(20-14)12-5-7-18-8-6-12/h1-4,10,12,18H,5-9H2,(H,19,21)(H2,17,22,23). The molecule has 0 spiro atoms. The van der Waals surface area contributed by atoms with Gasteiger partial charge in [-0.1, -0.05) is 12.1 Å². The Hall–Kier alpha value is -2.23. The molecule has 1 aliphatic heterocycles. The minimum atomic E-state index is -3.72. The summed E-state index contributed by atoms with van der Waals surface area (Å²) in [5, 5.41) is 11.1. The fourth-order valence-electron chi connectivity index (χ4n) is 2.72. The second kappa shape index (κ2) is 7.34. The van der Waals surface area contributed by atoms with E-state index < -0.39 is 10.0 Å². The molecule has 1 saturated heterocycles. The van der Waals surface area contributed by atoms with Gasteiger partial charge in [0.05, 0.1) is 4.90 Å². The molecule has 9 heteroatoms. The highest BCUT2D eigenvalue weighted by Crippen LogP contribution is 2.24. The minimum Gasteiger partial charge on any atom is -0.448 e. The molecule has 1 aliphatic rings. The molecule has 0 radical (unpaired) electrons. The van der Waals surface area contributed by atoms with Gasteiger partial charge in [-0.15, -0.1) is 0 Å². The maximum Gasteiger partial charge on any atom is 0.273 e. The molecular weight excluding hydrogens is 344 g/mol. The van der Waals surface area contributed by atoms with Gasteiger partial charge in [-0.3, -0.25) is 4.79 Å². The second-order valence-corrected chi connectivity index (χ2v) is 7.53. The lowest BCUT2D eigenvalue weighted by molar-refractivity contribution is 0.0946. The first kappa shape index (κ1) is 17.6. The van der Waals surface area contributed by atoms with Crippen molar-refractivity contribution in [2.24, 2.45) is 5.14 Å². The van der Waals surface area contributed by atoms with Gasteiger partial charge >= 0.3 is 0 Å². The Morgan fingerprint density at radius 3 is 2.60 bits per heavy atom. The van der Waals surface area contributed by atoms with Gasteiger partial charge in [0.2, 0.25) is 10.0 Å². The van der Waals surface area contributed by atoms with Crippen molar-refractivity contribution in [3.8, 4) is 0 Å². The first-order valence-corrected chi connectivity index (χ1v) is 9.54. The molecule has 1 aromatic heterocycles. The number of nitrogens with two attached hydrogens (primary N) is 1. The van der Waals surface area contributed by atoms with Crippen LogP contribution in [-0.4, -0.2) is 32.4 Å². The first-order chi connectivity index (χ1) is 11.9. The van der Waals surface area contributed by atoms with Gasteiger partial charge < -0.3 is 15.1 Å². The van der Waals surface area contributed by atoms with Crippen LogP contribution in [0, 0.1) is 0 Å². The molecule has 134 valence electrons. The number of sulfonamides is 1. The van der Waals surface area contributed by atoms with Gasteiger partial charge in [-0.25, -0.2) is 18.5 Å². The van der Waals surface area contributed by atoms with Crippen LogP contribution in [0.3, 0.4) is 0 Å². The number of amides is 1. The molecule has 0 atom stereocenters. The predicted molar refractivity (Wildman–Crippen MR) is 90.3 cm³/mol. The fourth-order valence-corrected chi connectivity index (χ4v) is 3.23. The van der Waals surface area contributed by atoms with Crippen molar-refractivity contribution in [3.05, 3.63) is 47.7 Å². The molecule has 0 saturated carbocycles. The normalized spacial score (nSPS) is 15.9. The van der Waals surface area contributed by atoms with E-state index in [0.29, 0.717) is 5.89 Å². The van der Waals surface area contributed by atoms with E-state index in [0.717, 1.165) is 31.5 Å². The summed E-state index contributed by atoms with van der Waals surface area (Å²) in [5.41, 5.74) is 0.998. The molecule has 0 unspecified atom stereocenters. The third kappa shape index (κ3) is 4.44. The zero-order chi connectivity index (χ0) is 17.9. The second-order valence-electron chi connectivity index (χ2n) is 5.97. The van der Waals surface area contributed by atoms with Crippen molar-refractivity contribution in [2.45, 2.75) is 30.2 Å². The summed E-state index contributed by atoms with van der Waals surface area (Å²) in [6.45, 7) is 2.09. The number of oxazole rings is 1. The number of piperidine rings is 1. The highest BCUT2D eigenvalue weighted by atomic mass is 32.2. The molecule has 1 amide bonds. The number of rotatable bonds is 5. The summed E-state index contributed by atoms with van der Waals surface area (Å²) in [7, 11) is -3.72. The van der Waals surface area contributed by atoms with E-state index in [-0.39, 0.29) is 29.0 Å². The van der Waals surface area contributed by atoms with Crippen molar-refractivity contribution in [3.63, 3.8) is 0 Å². The van der Waals surface area contributed by atoms with Gasteiger partial charge in [0.25, 0.3) is 5.91 Å². The van der Waals surface area contributed by atoms with Gasteiger partial charge in [-0.2, -0.15) is 0 Å². The van der Waals surface area contributed by atoms with Gasteiger partial charge in [0, 0.05) is 12.5 Å². The molecular formula is C16H20N4O4S. The maximum atomic E-state index is 12.2. The predicted octanol–water partition coefficient (Wildman–Crippen LogP) is 0.719. The molecule has 0 aliphatic carbocycles. The van der Waals surface area contributed by atoms with E-state index in [1.54, 1.807) is 12.1 Å². The Morgan fingerprint density at radius 2 is 1.96 bits per heavy atom. The summed E-state index contributed by atoms with van der Waals surface area (Å²) in [4.78, 5) is 16.5. The van der Waals surface area contributed by atoms with Crippen LogP contribution in [-0.2, 0) is 16.6 Å². The third-order valence-electron chi connectivity index (χ3n) is 4.15. The fraction of sp³-hybridized carbons (Fsp3) is 0.375. The summed E-state index contributed by atoms with van der Waals surface area (Å²) >= 11 is 0. The highest BCUT2D eigenvalue weighted by molar-refractivity contribution is 7.89. The van der Waals surface area contributed by atoms with Crippen LogP contribution in [0.5, 0.6) is 0 Å². The Balaban J connectivity index is 1.58. The molecule has 3 rings (SSSR count). The number of nitrogens with one attached hydrogen (secondary N) is 2. The zero-order valence-electron chi connectivity index (χ0n) is 13.6. The van der Waals surface area contributed by atoms with Crippen LogP contribution in [0.15, 0.2) is 39.8 Å². The quantitative estimate of drug-likeness (QED) is 0.717. The van der Waals surface area contributed by atoms with Crippen LogP contribution < -0.4 is 15.8 Å². The number of aromatic nitrogens is 1. The number of carbonyl (C=O) groups is 1. The van der Waals surface area contributed by atoms with Crippen molar-refractivity contribution < 1.29 is 17.6 Å². The number of benzene rings is 1. The summed E-state index contributed by atoms with van der Waals surface area (Å²) in [6.07, 6.45) is 3.26. The van der Waals surface area contributed by atoms with Crippen molar-refractivity contribution >= 4 is 15.9 Å². The van der Waals surface area contributed by atoms with Crippen molar-refractivity contribution in [1.29, 1.82) is 0 Å². The van der Waals surface area contributed by atoms with E-state index in [4.69, 9.17) is 9.56 Å². The lowest BCUT2D eigenvalue weighted by Crippen LogP contribution is -2.27. The minimum absolute atomic E-state index is 0.0330. The summed E-state index contributed by atoms with van der Waals surface area (Å²) in [5.74, 6) is 0.511. The number of carbonyl (C=O) groups excluding carboxylic acids is 1. The molecule has 25 heavy (non-hydrogen) atoms. The summed E-state index contributed by atoms with van der Waals surface area (Å²) < 4.78 is 27.9. The third-order valence-corrected chi connectivity index (χ3v) is 5.08. The average molecular weight is 364 g/mol. The lowest BCUT2D eigenvalue weighted by Gasteiger charge is -2.19. The van der Waals surface area contributed by atoms with E-state index in [2.05, 4.69) is 15.6 Å². The monoisotopic (exact) mass is 364 g/mol. The molecule has 8 nitrogen and oxygen atoms in total. The highest BCUT2D eigenvalue weighted by Gasteiger charge is 2.21. The molecule has 4 N–H and O–H groups in total. The number of hydrogen-bond acceptors (Lipinski definition) is 6. The van der Waals surface area contributed by atoms with Crippen molar-refractivity contribution in [1.82, 2.24) is 15.6 Å².